The van der Waals surface area contributed by atoms with E-state index in [0.717, 1.165) is 5.56 Å². The van der Waals surface area contributed by atoms with E-state index in [1.165, 1.54) is 0 Å². The summed E-state index contributed by atoms with van der Waals surface area (Å²) in [5.41, 5.74) is 4.05. The van der Waals surface area contributed by atoms with Crippen molar-refractivity contribution < 1.29 is 4.84 Å². The molecule has 1 rings (SSSR count). The van der Waals surface area contributed by atoms with Crippen LogP contribution < -0.4 is 5.48 Å². The summed E-state index contributed by atoms with van der Waals surface area (Å²) in [6.45, 7) is 2.57. The van der Waals surface area contributed by atoms with Gasteiger partial charge >= 0.3 is 0 Å². The number of hydrogen-bond acceptors (Lipinski definition) is 2. The van der Waals surface area contributed by atoms with Gasteiger partial charge < -0.3 is 4.84 Å². The lowest BCUT2D eigenvalue weighted by Gasteiger charge is -2.15. The smallest absolute Gasteiger partial charge is 0.0706 e. The van der Waals surface area contributed by atoms with Crippen molar-refractivity contribution >= 4 is 11.6 Å². The molecule has 1 aromatic carbocycles. The first kappa shape index (κ1) is 10.5. The standard InChI is InChI=1S/C10H14ClNO/c1-2-13-12-10(8-11)9-6-4-3-5-7-9/h3-7,10,12H,2,8H2,1H3/t10-/m0/s1. The quantitative estimate of drug-likeness (QED) is 0.581. The van der Waals surface area contributed by atoms with Gasteiger partial charge in [-0.25, -0.2) is 0 Å². The Balaban J connectivity index is 2.56. The van der Waals surface area contributed by atoms with Crippen molar-refractivity contribution in [2.75, 3.05) is 12.5 Å². The highest BCUT2D eigenvalue weighted by molar-refractivity contribution is 6.18. The Labute approximate surface area is 83.8 Å². The van der Waals surface area contributed by atoms with Crippen LogP contribution in [-0.4, -0.2) is 12.5 Å². The van der Waals surface area contributed by atoms with Crippen molar-refractivity contribution in [3.63, 3.8) is 0 Å². The second-order valence-corrected chi connectivity index (χ2v) is 2.98. The summed E-state index contributed by atoms with van der Waals surface area (Å²) in [5.74, 6) is 0.504. The lowest BCUT2D eigenvalue weighted by Crippen LogP contribution is -2.22. The molecule has 13 heavy (non-hydrogen) atoms. The van der Waals surface area contributed by atoms with Crippen LogP contribution in [0.5, 0.6) is 0 Å². The van der Waals surface area contributed by atoms with Crippen molar-refractivity contribution in [2.45, 2.75) is 13.0 Å². The lowest BCUT2D eigenvalue weighted by molar-refractivity contribution is 0.0293. The van der Waals surface area contributed by atoms with Crippen LogP contribution in [0.3, 0.4) is 0 Å². The predicted octanol–water partition coefficient (Wildman–Crippen LogP) is 2.51. The van der Waals surface area contributed by atoms with E-state index in [-0.39, 0.29) is 6.04 Å². The SMILES string of the molecule is CCON[C@@H](CCl)c1ccccc1. The van der Waals surface area contributed by atoms with Crippen LogP contribution in [0.4, 0.5) is 0 Å². The van der Waals surface area contributed by atoms with Gasteiger partial charge in [-0.2, -0.15) is 5.48 Å². The van der Waals surface area contributed by atoms with Crippen LogP contribution >= 0.6 is 11.6 Å². The van der Waals surface area contributed by atoms with Crippen molar-refractivity contribution in [1.29, 1.82) is 0 Å². The summed E-state index contributed by atoms with van der Waals surface area (Å²) in [6.07, 6.45) is 0. The van der Waals surface area contributed by atoms with Gasteiger partial charge in [0.15, 0.2) is 0 Å². The highest BCUT2D eigenvalue weighted by atomic mass is 35.5. The zero-order valence-electron chi connectivity index (χ0n) is 7.66. The highest BCUT2D eigenvalue weighted by Gasteiger charge is 2.08. The fourth-order valence-electron chi connectivity index (χ4n) is 1.06. The van der Waals surface area contributed by atoms with Gasteiger partial charge in [-0.15, -0.1) is 11.6 Å². The Morgan fingerprint density at radius 2 is 2.08 bits per heavy atom. The molecule has 0 saturated heterocycles. The summed E-state index contributed by atoms with van der Waals surface area (Å²) >= 11 is 5.80. The third-order valence-electron chi connectivity index (χ3n) is 1.73. The number of halogens is 1. The van der Waals surface area contributed by atoms with Crippen LogP contribution in [-0.2, 0) is 4.84 Å². The predicted molar refractivity (Wildman–Crippen MR) is 54.7 cm³/mol. The topological polar surface area (TPSA) is 21.3 Å². The summed E-state index contributed by atoms with van der Waals surface area (Å²) in [6, 6.07) is 10.1. The molecule has 0 aliphatic rings. The maximum Gasteiger partial charge on any atom is 0.0706 e. The molecule has 0 fully saturated rings. The number of benzene rings is 1. The minimum atomic E-state index is 0.0721. The molecular formula is C10H14ClNO. The first-order chi connectivity index (χ1) is 6.38. The van der Waals surface area contributed by atoms with Crippen molar-refractivity contribution in [2.24, 2.45) is 0 Å². The maximum atomic E-state index is 5.80. The lowest BCUT2D eigenvalue weighted by atomic mass is 10.1. The molecule has 0 amide bonds. The van der Waals surface area contributed by atoms with Gasteiger partial charge in [0.1, 0.15) is 0 Å². The average Bonchev–Trinajstić information content (AvgIpc) is 2.21. The molecule has 3 heteroatoms. The van der Waals surface area contributed by atoms with E-state index in [9.17, 15) is 0 Å². The minimum Gasteiger partial charge on any atom is -0.301 e. The molecule has 0 aliphatic carbocycles. The van der Waals surface area contributed by atoms with E-state index in [0.29, 0.717) is 12.5 Å². The third-order valence-corrected chi connectivity index (χ3v) is 2.03. The van der Waals surface area contributed by atoms with Gasteiger partial charge in [0.05, 0.1) is 12.6 Å². The molecule has 72 valence electrons. The second kappa shape index (κ2) is 5.97. The van der Waals surface area contributed by atoms with Gasteiger partial charge in [-0.05, 0) is 12.5 Å². The largest absolute Gasteiger partial charge is 0.301 e. The molecule has 1 N–H and O–H groups in total. The number of rotatable bonds is 5. The molecule has 0 heterocycles. The number of alkyl halides is 1. The summed E-state index contributed by atoms with van der Waals surface area (Å²) in [5, 5.41) is 0. The average molecular weight is 200 g/mol. The van der Waals surface area contributed by atoms with Crippen molar-refractivity contribution in [1.82, 2.24) is 5.48 Å². The van der Waals surface area contributed by atoms with E-state index in [2.05, 4.69) is 5.48 Å². The number of hydroxylamine groups is 1. The van der Waals surface area contributed by atoms with Crippen LogP contribution in [0, 0.1) is 0 Å². The van der Waals surface area contributed by atoms with E-state index in [1.807, 2.05) is 37.3 Å². The minimum absolute atomic E-state index is 0.0721. The van der Waals surface area contributed by atoms with E-state index in [4.69, 9.17) is 16.4 Å². The fourth-order valence-corrected chi connectivity index (χ4v) is 1.30. The van der Waals surface area contributed by atoms with Crippen LogP contribution in [0.15, 0.2) is 30.3 Å². The van der Waals surface area contributed by atoms with Gasteiger partial charge in [-0.3, -0.25) is 0 Å². The molecule has 1 aromatic rings. The van der Waals surface area contributed by atoms with Gasteiger partial charge in [0, 0.05) is 5.88 Å². The Morgan fingerprint density at radius 3 is 2.62 bits per heavy atom. The van der Waals surface area contributed by atoms with Crippen LogP contribution in [0.1, 0.15) is 18.5 Å². The molecule has 0 spiro atoms. The number of nitrogens with one attached hydrogen (secondary N) is 1. The monoisotopic (exact) mass is 199 g/mol. The van der Waals surface area contributed by atoms with Crippen molar-refractivity contribution in [3.8, 4) is 0 Å². The molecule has 1 atom stereocenters. The Kier molecular flexibility index (Phi) is 4.83. The first-order valence-corrected chi connectivity index (χ1v) is 4.90. The fraction of sp³-hybridized carbons (Fsp3) is 0.400. The second-order valence-electron chi connectivity index (χ2n) is 2.67. The molecule has 0 aromatic heterocycles. The van der Waals surface area contributed by atoms with E-state index in [1.54, 1.807) is 0 Å². The molecular weight excluding hydrogens is 186 g/mol. The normalized spacial score (nSPS) is 12.8. The number of hydrogen-bond donors (Lipinski definition) is 1. The summed E-state index contributed by atoms with van der Waals surface area (Å²) < 4.78 is 0. The Hall–Kier alpha value is -0.570. The molecule has 0 radical (unpaired) electrons. The Morgan fingerprint density at radius 1 is 1.38 bits per heavy atom. The first-order valence-electron chi connectivity index (χ1n) is 4.36. The van der Waals surface area contributed by atoms with Crippen LogP contribution in [0.25, 0.3) is 0 Å². The van der Waals surface area contributed by atoms with Crippen molar-refractivity contribution in [3.05, 3.63) is 35.9 Å². The van der Waals surface area contributed by atoms with E-state index < -0.39 is 0 Å². The van der Waals surface area contributed by atoms with Gasteiger partial charge in [0.2, 0.25) is 0 Å². The molecule has 0 unspecified atom stereocenters. The molecule has 2 nitrogen and oxygen atoms in total. The highest BCUT2D eigenvalue weighted by Crippen LogP contribution is 2.13. The zero-order chi connectivity index (χ0) is 9.52. The molecule has 0 bridgehead atoms. The van der Waals surface area contributed by atoms with Gasteiger partial charge in [0.25, 0.3) is 0 Å². The van der Waals surface area contributed by atoms with E-state index >= 15 is 0 Å². The van der Waals surface area contributed by atoms with Crippen LogP contribution in [0.2, 0.25) is 0 Å². The maximum absolute atomic E-state index is 5.80. The molecule has 0 aliphatic heterocycles. The summed E-state index contributed by atoms with van der Waals surface area (Å²) in [4.78, 5) is 5.11. The summed E-state index contributed by atoms with van der Waals surface area (Å²) in [7, 11) is 0. The third kappa shape index (κ3) is 3.35. The van der Waals surface area contributed by atoms with Gasteiger partial charge in [-0.1, -0.05) is 30.3 Å². The zero-order valence-corrected chi connectivity index (χ0v) is 8.42. The molecule has 0 saturated carbocycles. The Bertz CT molecular complexity index is 228.